The quantitative estimate of drug-likeness (QED) is 0.824. The van der Waals surface area contributed by atoms with E-state index in [2.05, 4.69) is 0 Å². The second kappa shape index (κ2) is 6.76. The van der Waals surface area contributed by atoms with Gasteiger partial charge in [0.15, 0.2) is 0 Å². The van der Waals surface area contributed by atoms with Crippen molar-refractivity contribution >= 4 is 27.5 Å². The summed E-state index contributed by atoms with van der Waals surface area (Å²) in [6, 6.07) is 4.30. The SMILES string of the molecule is C[C@H]1CN(S(=O)(=O)c2cc(C(=O)N(C)C)ccc2Cl)C[C@H](C)O1. The van der Waals surface area contributed by atoms with E-state index in [1.807, 2.05) is 13.8 Å². The maximum atomic E-state index is 12.9. The number of hydrogen-bond acceptors (Lipinski definition) is 4. The minimum Gasteiger partial charge on any atom is -0.373 e. The Balaban J connectivity index is 2.43. The van der Waals surface area contributed by atoms with Crippen LogP contribution in [-0.2, 0) is 14.8 Å². The zero-order chi connectivity index (χ0) is 17.4. The van der Waals surface area contributed by atoms with E-state index in [1.165, 1.54) is 27.4 Å². The molecule has 0 aromatic heterocycles. The van der Waals surface area contributed by atoms with Crippen LogP contribution < -0.4 is 0 Å². The maximum absolute atomic E-state index is 12.9. The summed E-state index contributed by atoms with van der Waals surface area (Å²) in [6.07, 6.45) is -0.391. The molecule has 2 rings (SSSR count). The topological polar surface area (TPSA) is 66.9 Å². The Labute approximate surface area is 142 Å². The summed E-state index contributed by atoms with van der Waals surface area (Å²) in [6.45, 7) is 4.17. The van der Waals surface area contributed by atoms with Gasteiger partial charge >= 0.3 is 0 Å². The number of morpholine rings is 1. The van der Waals surface area contributed by atoms with Gasteiger partial charge in [-0.25, -0.2) is 8.42 Å². The molecular weight excluding hydrogens is 340 g/mol. The van der Waals surface area contributed by atoms with Crippen LogP contribution in [0.15, 0.2) is 23.1 Å². The van der Waals surface area contributed by atoms with Gasteiger partial charge in [0.25, 0.3) is 5.91 Å². The number of hydrogen-bond donors (Lipinski definition) is 0. The van der Waals surface area contributed by atoms with Crippen molar-refractivity contribution in [3.8, 4) is 0 Å². The summed E-state index contributed by atoms with van der Waals surface area (Å²) < 4.78 is 32.7. The van der Waals surface area contributed by atoms with Crippen molar-refractivity contribution < 1.29 is 17.9 Å². The molecule has 1 aliphatic rings. The van der Waals surface area contributed by atoms with Crippen LogP contribution in [0.25, 0.3) is 0 Å². The first-order chi connectivity index (χ1) is 10.6. The van der Waals surface area contributed by atoms with Crippen molar-refractivity contribution in [3.05, 3.63) is 28.8 Å². The average Bonchev–Trinajstić information content (AvgIpc) is 2.45. The lowest BCUT2D eigenvalue weighted by atomic mass is 10.2. The summed E-state index contributed by atoms with van der Waals surface area (Å²) >= 11 is 6.10. The molecule has 1 heterocycles. The molecule has 1 aliphatic heterocycles. The normalized spacial score (nSPS) is 22.8. The summed E-state index contributed by atoms with van der Waals surface area (Å²) in [5.74, 6) is -0.276. The molecule has 0 spiro atoms. The van der Waals surface area contributed by atoms with Gasteiger partial charge in [0.05, 0.1) is 17.2 Å². The Kier molecular flexibility index (Phi) is 5.35. The fourth-order valence-corrected chi connectivity index (χ4v) is 4.65. The summed E-state index contributed by atoms with van der Waals surface area (Å²) in [4.78, 5) is 13.4. The molecule has 0 bridgehead atoms. The van der Waals surface area contributed by atoms with Crippen molar-refractivity contribution in [1.82, 2.24) is 9.21 Å². The van der Waals surface area contributed by atoms with Crippen LogP contribution in [0.4, 0.5) is 0 Å². The van der Waals surface area contributed by atoms with E-state index in [4.69, 9.17) is 16.3 Å². The van der Waals surface area contributed by atoms with Crippen LogP contribution in [0.3, 0.4) is 0 Å². The average molecular weight is 361 g/mol. The molecule has 1 fully saturated rings. The van der Waals surface area contributed by atoms with Crippen LogP contribution >= 0.6 is 11.6 Å². The first-order valence-corrected chi connectivity index (χ1v) is 9.11. The third-order valence-corrected chi connectivity index (χ3v) is 5.90. The fourth-order valence-electron chi connectivity index (χ4n) is 2.56. The first-order valence-electron chi connectivity index (χ1n) is 7.29. The molecule has 1 aromatic rings. The third kappa shape index (κ3) is 3.85. The summed E-state index contributed by atoms with van der Waals surface area (Å²) in [5.41, 5.74) is 0.285. The first kappa shape index (κ1) is 18.2. The van der Waals surface area contributed by atoms with E-state index in [-0.39, 0.29) is 46.7 Å². The van der Waals surface area contributed by atoms with E-state index in [9.17, 15) is 13.2 Å². The lowest BCUT2D eigenvalue weighted by molar-refractivity contribution is -0.0440. The summed E-state index contributed by atoms with van der Waals surface area (Å²) in [5, 5.41) is 0.104. The lowest BCUT2D eigenvalue weighted by Crippen LogP contribution is -2.48. The van der Waals surface area contributed by atoms with Gasteiger partial charge in [-0.2, -0.15) is 4.31 Å². The minimum atomic E-state index is -3.79. The van der Waals surface area contributed by atoms with Gasteiger partial charge < -0.3 is 9.64 Å². The third-order valence-electron chi connectivity index (χ3n) is 3.59. The Bertz CT molecular complexity index is 695. The molecule has 1 saturated heterocycles. The number of benzene rings is 1. The van der Waals surface area contributed by atoms with E-state index >= 15 is 0 Å². The van der Waals surface area contributed by atoms with Crippen LogP contribution in [0.2, 0.25) is 5.02 Å². The zero-order valence-electron chi connectivity index (χ0n) is 13.6. The number of sulfonamides is 1. The predicted octanol–water partition coefficient (Wildman–Crippen LogP) is 1.84. The number of carbonyl (C=O) groups excluding carboxylic acids is 1. The number of nitrogens with zero attached hydrogens (tertiary/aromatic N) is 2. The van der Waals surface area contributed by atoms with Gasteiger partial charge in [0, 0.05) is 32.7 Å². The number of rotatable bonds is 3. The predicted molar refractivity (Wildman–Crippen MR) is 88.2 cm³/mol. The fraction of sp³-hybridized carbons (Fsp3) is 0.533. The molecule has 8 heteroatoms. The minimum absolute atomic E-state index is 0.0480. The monoisotopic (exact) mass is 360 g/mol. The smallest absolute Gasteiger partial charge is 0.253 e. The standard InChI is InChI=1S/C15H21ClN2O4S/c1-10-8-18(9-11(2)22-10)23(20,21)14-7-12(5-6-13(14)16)15(19)17(3)4/h5-7,10-11H,8-9H2,1-4H3/t10-,11-/m0/s1. The summed E-state index contributed by atoms with van der Waals surface area (Å²) in [7, 11) is -0.574. The van der Waals surface area contributed by atoms with Gasteiger partial charge in [0.1, 0.15) is 4.90 Å². The number of ether oxygens (including phenoxy) is 1. The van der Waals surface area contributed by atoms with Crippen molar-refractivity contribution in [3.63, 3.8) is 0 Å². The van der Waals surface area contributed by atoms with Crippen molar-refractivity contribution in [1.29, 1.82) is 0 Å². The highest BCUT2D eigenvalue weighted by Gasteiger charge is 2.33. The molecule has 6 nitrogen and oxygen atoms in total. The van der Waals surface area contributed by atoms with E-state index < -0.39 is 10.0 Å². The number of carbonyl (C=O) groups is 1. The van der Waals surface area contributed by atoms with Crippen molar-refractivity contribution in [2.24, 2.45) is 0 Å². The molecule has 23 heavy (non-hydrogen) atoms. The van der Waals surface area contributed by atoms with Crippen LogP contribution in [0.1, 0.15) is 24.2 Å². The molecule has 0 unspecified atom stereocenters. The highest BCUT2D eigenvalue weighted by molar-refractivity contribution is 7.89. The molecule has 128 valence electrons. The molecular formula is C15H21ClN2O4S. The van der Waals surface area contributed by atoms with E-state index in [0.29, 0.717) is 0 Å². The Morgan fingerprint density at radius 3 is 2.35 bits per heavy atom. The second-order valence-corrected chi connectivity index (χ2v) is 8.24. The van der Waals surface area contributed by atoms with Gasteiger partial charge in [-0.05, 0) is 32.0 Å². The van der Waals surface area contributed by atoms with E-state index in [0.717, 1.165) is 0 Å². The molecule has 2 atom stereocenters. The largest absolute Gasteiger partial charge is 0.373 e. The van der Waals surface area contributed by atoms with Crippen molar-refractivity contribution in [2.75, 3.05) is 27.2 Å². The Morgan fingerprint density at radius 1 is 1.26 bits per heavy atom. The highest BCUT2D eigenvalue weighted by Crippen LogP contribution is 2.28. The van der Waals surface area contributed by atoms with Crippen LogP contribution in [0, 0.1) is 0 Å². The second-order valence-electron chi connectivity index (χ2n) is 5.92. The highest BCUT2D eigenvalue weighted by atomic mass is 35.5. The molecule has 0 N–H and O–H groups in total. The molecule has 0 saturated carbocycles. The molecule has 0 aliphatic carbocycles. The molecule has 1 amide bonds. The van der Waals surface area contributed by atoms with E-state index in [1.54, 1.807) is 14.1 Å². The number of amides is 1. The van der Waals surface area contributed by atoms with Gasteiger partial charge in [-0.3, -0.25) is 4.79 Å². The Hall–Kier alpha value is -1.15. The van der Waals surface area contributed by atoms with Gasteiger partial charge in [-0.15, -0.1) is 0 Å². The van der Waals surface area contributed by atoms with Crippen LogP contribution in [-0.4, -0.2) is 62.9 Å². The zero-order valence-corrected chi connectivity index (χ0v) is 15.2. The van der Waals surface area contributed by atoms with Gasteiger partial charge in [0.2, 0.25) is 10.0 Å². The molecule has 1 aromatic carbocycles. The van der Waals surface area contributed by atoms with Gasteiger partial charge in [-0.1, -0.05) is 11.6 Å². The molecule has 0 radical (unpaired) electrons. The maximum Gasteiger partial charge on any atom is 0.253 e. The lowest BCUT2D eigenvalue weighted by Gasteiger charge is -2.34. The van der Waals surface area contributed by atoms with Crippen molar-refractivity contribution in [2.45, 2.75) is 31.0 Å². The Morgan fingerprint density at radius 2 is 1.83 bits per heavy atom. The number of halogens is 1. The van der Waals surface area contributed by atoms with Crippen LogP contribution in [0.5, 0.6) is 0 Å².